The molecule has 1 aliphatic carbocycles. The Morgan fingerprint density at radius 1 is 1.17 bits per heavy atom. The number of hydrogen-bond acceptors (Lipinski definition) is 3. The van der Waals surface area contributed by atoms with E-state index < -0.39 is 0 Å². The van der Waals surface area contributed by atoms with Crippen LogP contribution in [0.1, 0.15) is 62.4 Å². The van der Waals surface area contributed by atoms with Crippen LogP contribution in [0.25, 0.3) is 0 Å². The van der Waals surface area contributed by atoms with Crippen LogP contribution in [0.3, 0.4) is 0 Å². The molecule has 0 aromatic heterocycles. The molecule has 1 saturated heterocycles. The molecule has 1 heterocycles. The summed E-state index contributed by atoms with van der Waals surface area (Å²) in [5, 5.41) is 6.86. The highest BCUT2D eigenvalue weighted by Gasteiger charge is 2.34. The van der Waals surface area contributed by atoms with Crippen LogP contribution in [-0.4, -0.2) is 55.7 Å². The van der Waals surface area contributed by atoms with Crippen LogP contribution in [0.5, 0.6) is 0 Å². The molecule has 160 valence electrons. The van der Waals surface area contributed by atoms with Gasteiger partial charge < -0.3 is 20.3 Å². The molecule has 0 bridgehead atoms. The number of carbonyl (C=O) groups excluding carboxylic acids is 1. The van der Waals surface area contributed by atoms with Crippen molar-refractivity contribution in [3.05, 3.63) is 35.4 Å². The number of hydrogen-bond donors (Lipinski definition) is 2. The Kier molecular flexibility index (Phi) is 7.17. The number of amides is 1. The molecule has 1 amide bonds. The van der Waals surface area contributed by atoms with Crippen LogP contribution >= 0.6 is 0 Å². The van der Waals surface area contributed by atoms with Gasteiger partial charge >= 0.3 is 0 Å². The van der Waals surface area contributed by atoms with E-state index in [1.165, 1.54) is 25.7 Å². The molecule has 2 atom stereocenters. The lowest BCUT2D eigenvalue weighted by Gasteiger charge is -2.41. The first-order valence-corrected chi connectivity index (χ1v) is 10.9. The van der Waals surface area contributed by atoms with Crippen molar-refractivity contribution in [2.24, 2.45) is 10.4 Å². The van der Waals surface area contributed by atoms with Crippen LogP contribution in [0.4, 0.5) is 0 Å². The van der Waals surface area contributed by atoms with E-state index in [2.05, 4.69) is 22.5 Å². The standard InChI is InChI=1S/C23H36N4O2/c1-5-23(11-6-12-23)16-26-22(24-4)25-13-19-7-9-20(10-8-19)21(28)27-14-17(2)29-18(3)15-27/h7-10,17-18H,5-6,11-16H2,1-4H3,(H2,24,25,26). The lowest BCUT2D eigenvalue weighted by molar-refractivity contribution is -0.0586. The molecule has 6 nitrogen and oxygen atoms in total. The highest BCUT2D eigenvalue weighted by Crippen LogP contribution is 2.42. The third-order valence-electron chi connectivity index (χ3n) is 6.39. The second-order valence-corrected chi connectivity index (χ2v) is 8.65. The lowest BCUT2D eigenvalue weighted by Crippen LogP contribution is -2.48. The van der Waals surface area contributed by atoms with Crippen molar-refractivity contribution in [3.8, 4) is 0 Å². The molecular weight excluding hydrogens is 364 g/mol. The van der Waals surface area contributed by atoms with Crippen molar-refractivity contribution < 1.29 is 9.53 Å². The van der Waals surface area contributed by atoms with E-state index >= 15 is 0 Å². The SMILES string of the molecule is CCC1(CNC(=NC)NCc2ccc(C(=O)N3CC(C)OC(C)C3)cc2)CCC1. The predicted molar refractivity (Wildman–Crippen MR) is 117 cm³/mol. The zero-order valence-corrected chi connectivity index (χ0v) is 18.3. The number of nitrogens with zero attached hydrogens (tertiary/aromatic N) is 2. The fourth-order valence-corrected chi connectivity index (χ4v) is 4.30. The Labute approximate surface area is 175 Å². The Morgan fingerprint density at radius 3 is 2.34 bits per heavy atom. The van der Waals surface area contributed by atoms with Crippen LogP contribution in [0.2, 0.25) is 0 Å². The minimum Gasteiger partial charge on any atom is -0.372 e. The van der Waals surface area contributed by atoms with Crippen molar-refractivity contribution in [2.75, 3.05) is 26.7 Å². The minimum absolute atomic E-state index is 0.0781. The molecule has 29 heavy (non-hydrogen) atoms. The summed E-state index contributed by atoms with van der Waals surface area (Å²) >= 11 is 0. The molecule has 1 saturated carbocycles. The van der Waals surface area contributed by atoms with Gasteiger partial charge in [0.2, 0.25) is 0 Å². The van der Waals surface area contributed by atoms with Crippen LogP contribution in [0.15, 0.2) is 29.3 Å². The molecule has 1 aromatic rings. The normalized spacial score (nSPS) is 24.0. The Bertz CT molecular complexity index is 697. The van der Waals surface area contributed by atoms with Crippen molar-refractivity contribution in [3.63, 3.8) is 0 Å². The van der Waals surface area contributed by atoms with Crippen molar-refractivity contribution >= 4 is 11.9 Å². The Morgan fingerprint density at radius 2 is 1.83 bits per heavy atom. The lowest BCUT2D eigenvalue weighted by atomic mass is 9.67. The number of ether oxygens (including phenoxy) is 1. The van der Waals surface area contributed by atoms with E-state index in [1.807, 2.05) is 43.0 Å². The largest absolute Gasteiger partial charge is 0.372 e. The third-order valence-corrected chi connectivity index (χ3v) is 6.39. The number of morpholine rings is 1. The number of rotatable bonds is 6. The summed E-state index contributed by atoms with van der Waals surface area (Å²) in [6, 6.07) is 7.86. The van der Waals surface area contributed by atoms with Gasteiger partial charge in [0, 0.05) is 38.8 Å². The van der Waals surface area contributed by atoms with Gasteiger partial charge in [-0.25, -0.2) is 0 Å². The maximum Gasteiger partial charge on any atom is 0.254 e. The monoisotopic (exact) mass is 400 g/mol. The maximum absolute atomic E-state index is 12.8. The predicted octanol–water partition coefficient (Wildman–Crippen LogP) is 3.18. The molecule has 0 spiro atoms. The van der Waals surface area contributed by atoms with Crippen LogP contribution in [0, 0.1) is 5.41 Å². The summed E-state index contributed by atoms with van der Waals surface area (Å²) < 4.78 is 5.73. The van der Waals surface area contributed by atoms with Crippen LogP contribution < -0.4 is 10.6 Å². The van der Waals surface area contributed by atoms with Crippen LogP contribution in [-0.2, 0) is 11.3 Å². The Hall–Kier alpha value is -2.08. The van der Waals surface area contributed by atoms with E-state index in [0.717, 1.165) is 23.6 Å². The molecule has 2 fully saturated rings. The van der Waals surface area contributed by atoms with Gasteiger partial charge in [-0.3, -0.25) is 9.79 Å². The van der Waals surface area contributed by atoms with E-state index in [9.17, 15) is 4.79 Å². The summed E-state index contributed by atoms with van der Waals surface area (Å²) in [5.74, 6) is 0.913. The fraction of sp³-hybridized carbons (Fsp3) is 0.652. The number of benzene rings is 1. The van der Waals surface area contributed by atoms with Gasteiger partial charge in [-0.1, -0.05) is 25.5 Å². The zero-order valence-electron chi connectivity index (χ0n) is 18.3. The molecule has 3 rings (SSSR count). The van der Waals surface area contributed by atoms with Gasteiger partial charge in [-0.15, -0.1) is 0 Å². The maximum atomic E-state index is 12.8. The van der Waals surface area contributed by atoms with Gasteiger partial charge in [0.25, 0.3) is 5.91 Å². The average molecular weight is 401 g/mol. The molecule has 1 aromatic carbocycles. The average Bonchev–Trinajstić information content (AvgIpc) is 2.69. The Balaban J connectivity index is 1.50. The van der Waals surface area contributed by atoms with Gasteiger partial charge in [0.05, 0.1) is 12.2 Å². The van der Waals surface area contributed by atoms with Gasteiger partial charge in [0.15, 0.2) is 5.96 Å². The molecular formula is C23H36N4O2. The summed E-state index contributed by atoms with van der Waals surface area (Å²) in [4.78, 5) is 19.0. The topological polar surface area (TPSA) is 66.0 Å². The second-order valence-electron chi connectivity index (χ2n) is 8.65. The highest BCUT2D eigenvalue weighted by atomic mass is 16.5. The molecule has 6 heteroatoms. The molecule has 1 aliphatic heterocycles. The van der Waals surface area contributed by atoms with Crippen molar-refractivity contribution in [1.82, 2.24) is 15.5 Å². The first kappa shape index (κ1) is 21.6. The fourth-order valence-electron chi connectivity index (χ4n) is 4.30. The smallest absolute Gasteiger partial charge is 0.254 e. The molecule has 2 unspecified atom stereocenters. The first-order valence-electron chi connectivity index (χ1n) is 10.9. The van der Waals surface area contributed by atoms with Gasteiger partial charge in [-0.2, -0.15) is 0 Å². The number of aliphatic imine (C=N–C) groups is 1. The second kappa shape index (κ2) is 9.61. The molecule has 2 N–H and O–H groups in total. The molecule has 2 aliphatic rings. The summed E-state index contributed by atoms with van der Waals surface area (Å²) in [6.45, 7) is 9.25. The van der Waals surface area contributed by atoms with Crippen molar-refractivity contribution in [2.45, 2.75) is 65.2 Å². The van der Waals surface area contributed by atoms with Gasteiger partial charge in [0.1, 0.15) is 0 Å². The number of guanidine groups is 1. The van der Waals surface area contributed by atoms with E-state index in [0.29, 0.717) is 25.0 Å². The van der Waals surface area contributed by atoms with E-state index in [4.69, 9.17) is 4.74 Å². The first-order chi connectivity index (χ1) is 13.9. The highest BCUT2D eigenvalue weighted by molar-refractivity contribution is 5.94. The summed E-state index contributed by atoms with van der Waals surface area (Å²) in [6.07, 6.45) is 5.34. The number of carbonyl (C=O) groups is 1. The van der Waals surface area contributed by atoms with E-state index in [1.54, 1.807) is 7.05 Å². The summed E-state index contributed by atoms with van der Waals surface area (Å²) in [5.41, 5.74) is 2.31. The minimum atomic E-state index is 0.0781. The quantitative estimate of drug-likeness (QED) is 0.569. The zero-order chi connectivity index (χ0) is 20.9. The third kappa shape index (κ3) is 5.50. The number of nitrogens with one attached hydrogen (secondary N) is 2. The van der Waals surface area contributed by atoms with E-state index in [-0.39, 0.29) is 18.1 Å². The molecule has 0 radical (unpaired) electrons. The van der Waals surface area contributed by atoms with Gasteiger partial charge in [-0.05, 0) is 56.2 Å². The van der Waals surface area contributed by atoms with Crippen molar-refractivity contribution in [1.29, 1.82) is 0 Å². The summed E-state index contributed by atoms with van der Waals surface area (Å²) in [7, 11) is 1.81.